The van der Waals surface area contributed by atoms with Gasteiger partial charge in [0.25, 0.3) is 0 Å². The summed E-state index contributed by atoms with van der Waals surface area (Å²) in [5.74, 6) is 0. The predicted molar refractivity (Wildman–Crippen MR) is 71.6 cm³/mol. The Morgan fingerprint density at radius 1 is 1.53 bits per heavy atom. The zero-order valence-corrected chi connectivity index (χ0v) is 11.4. The summed E-state index contributed by atoms with van der Waals surface area (Å²) in [6, 6.07) is 1.61. The standard InChI is InChI=1S/C11H18N4O3S/c1-2-14-11-15-7-9(17)8(16)6(5-13-4-3-12)18-10(7)19-11/h6-10,13,16-17H,2,4-5H2,1H3,(H,14,15)/t6-,7-,8-,9-,10-/m1/s1. The molecular formula is C11H18N4O3S. The molecule has 0 bridgehead atoms. The third-order valence-corrected chi connectivity index (χ3v) is 4.18. The Kier molecular flexibility index (Phi) is 5.01. The summed E-state index contributed by atoms with van der Waals surface area (Å²) in [7, 11) is 0. The Morgan fingerprint density at radius 3 is 3.00 bits per heavy atom. The van der Waals surface area contributed by atoms with E-state index in [1.54, 1.807) is 0 Å². The lowest BCUT2D eigenvalue weighted by molar-refractivity contribution is -0.153. The molecule has 4 N–H and O–H groups in total. The Labute approximate surface area is 116 Å². The van der Waals surface area contributed by atoms with Crippen molar-refractivity contribution < 1.29 is 14.9 Å². The molecule has 0 aromatic rings. The van der Waals surface area contributed by atoms with Crippen LogP contribution in [0.25, 0.3) is 0 Å². The molecule has 2 rings (SSSR count). The molecule has 2 heterocycles. The Bertz CT molecular complexity index is 387. The van der Waals surface area contributed by atoms with Gasteiger partial charge in [0, 0.05) is 13.1 Å². The molecule has 106 valence electrons. The van der Waals surface area contributed by atoms with Crippen LogP contribution in [0.1, 0.15) is 6.92 Å². The molecule has 0 aromatic heterocycles. The maximum absolute atomic E-state index is 10.1. The van der Waals surface area contributed by atoms with Gasteiger partial charge < -0.3 is 25.6 Å². The number of rotatable bonds is 4. The second-order valence-corrected chi connectivity index (χ2v) is 5.47. The molecule has 2 saturated heterocycles. The number of hydrogen-bond donors (Lipinski definition) is 4. The van der Waals surface area contributed by atoms with Gasteiger partial charge in [-0.1, -0.05) is 11.8 Å². The monoisotopic (exact) mass is 286 g/mol. The van der Waals surface area contributed by atoms with Crippen molar-refractivity contribution in [2.75, 3.05) is 19.6 Å². The molecule has 0 spiro atoms. The zero-order chi connectivity index (χ0) is 13.8. The molecule has 0 saturated carbocycles. The van der Waals surface area contributed by atoms with E-state index < -0.39 is 18.3 Å². The predicted octanol–water partition coefficient (Wildman–Crippen LogP) is -1.37. The molecule has 0 aliphatic carbocycles. The third-order valence-electron chi connectivity index (χ3n) is 3.07. The van der Waals surface area contributed by atoms with Crippen LogP contribution in [0.2, 0.25) is 0 Å². The summed E-state index contributed by atoms with van der Waals surface area (Å²) in [4.78, 5) is 4.24. The van der Waals surface area contributed by atoms with Gasteiger partial charge in [-0.15, -0.1) is 0 Å². The van der Waals surface area contributed by atoms with E-state index in [0.717, 1.165) is 5.17 Å². The van der Waals surface area contributed by atoms with E-state index in [-0.39, 0.29) is 18.0 Å². The van der Waals surface area contributed by atoms with Crippen LogP contribution in [-0.4, -0.2) is 64.8 Å². The number of nitrogens with zero attached hydrogens (tertiary/aromatic N) is 2. The molecule has 0 aromatic carbocycles. The van der Waals surface area contributed by atoms with Crippen molar-refractivity contribution in [1.82, 2.24) is 10.6 Å². The number of nitrogens with one attached hydrogen (secondary N) is 2. The fraction of sp³-hybridized carbons (Fsp3) is 0.818. The van der Waals surface area contributed by atoms with Crippen LogP contribution in [-0.2, 0) is 4.74 Å². The minimum absolute atomic E-state index is 0.185. The lowest BCUT2D eigenvalue weighted by atomic mass is 9.98. The molecule has 0 unspecified atom stereocenters. The maximum atomic E-state index is 10.1. The van der Waals surface area contributed by atoms with Crippen molar-refractivity contribution in [3.8, 4) is 6.07 Å². The van der Waals surface area contributed by atoms with Crippen molar-refractivity contribution in [3.63, 3.8) is 0 Å². The van der Waals surface area contributed by atoms with E-state index in [1.165, 1.54) is 11.8 Å². The smallest absolute Gasteiger partial charge is 0.159 e. The second-order valence-electron chi connectivity index (χ2n) is 4.38. The van der Waals surface area contributed by atoms with Gasteiger partial charge in [-0.2, -0.15) is 5.26 Å². The molecule has 19 heavy (non-hydrogen) atoms. The zero-order valence-electron chi connectivity index (χ0n) is 10.6. The fourth-order valence-electron chi connectivity index (χ4n) is 2.14. The summed E-state index contributed by atoms with van der Waals surface area (Å²) in [5, 5.41) is 35.2. The Balaban J connectivity index is 1.98. The first-order valence-electron chi connectivity index (χ1n) is 6.24. The van der Waals surface area contributed by atoms with Crippen molar-refractivity contribution in [3.05, 3.63) is 0 Å². The molecule has 0 amide bonds. The van der Waals surface area contributed by atoms with Gasteiger partial charge in [-0.25, -0.2) is 0 Å². The SMILES string of the molecule is CCN=C1N[C@@H]2[C@@H](O)[C@H](O)[C@@H](CNCC#N)O[C@@H]2S1. The molecule has 7 nitrogen and oxygen atoms in total. The number of nitriles is 1. The maximum Gasteiger partial charge on any atom is 0.159 e. The Hall–Kier alpha value is -0.850. The van der Waals surface area contributed by atoms with Crippen LogP contribution < -0.4 is 10.6 Å². The van der Waals surface area contributed by atoms with Gasteiger partial charge in [-0.05, 0) is 6.92 Å². The first-order valence-corrected chi connectivity index (χ1v) is 7.12. The summed E-state index contributed by atoms with van der Waals surface area (Å²) < 4.78 is 5.75. The van der Waals surface area contributed by atoms with Gasteiger partial charge in [0.05, 0.1) is 18.7 Å². The highest BCUT2D eigenvalue weighted by atomic mass is 32.2. The number of ether oxygens (including phenoxy) is 1. The summed E-state index contributed by atoms with van der Waals surface area (Å²) >= 11 is 1.42. The van der Waals surface area contributed by atoms with E-state index in [9.17, 15) is 10.2 Å². The van der Waals surface area contributed by atoms with Crippen molar-refractivity contribution >= 4 is 16.9 Å². The molecule has 8 heteroatoms. The lowest BCUT2D eigenvalue weighted by Crippen LogP contribution is -2.60. The minimum Gasteiger partial charge on any atom is -0.388 e. The topological polar surface area (TPSA) is 110 Å². The van der Waals surface area contributed by atoms with Crippen molar-refractivity contribution in [2.24, 2.45) is 4.99 Å². The fourth-order valence-corrected chi connectivity index (χ4v) is 3.34. The van der Waals surface area contributed by atoms with Crippen LogP contribution in [0.5, 0.6) is 0 Å². The van der Waals surface area contributed by atoms with Crippen LogP contribution in [0.4, 0.5) is 0 Å². The van der Waals surface area contributed by atoms with Crippen LogP contribution in [0.3, 0.4) is 0 Å². The largest absolute Gasteiger partial charge is 0.388 e. The van der Waals surface area contributed by atoms with E-state index in [0.29, 0.717) is 13.1 Å². The van der Waals surface area contributed by atoms with E-state index in [2.05, 4.69) is 15.6 Å². The molecule has 2 fully saturated rings. The highest BCUT2D eigenvalue weighted by molar-refractivity contribution is 8.14. The summed E-state index contributed by atoms with van der Waals surface area (Å²) in [6.45, 7) is 3.10. The first kappa shape index (κ1) is 14.6. The number of amidine groups is 1. The van der Waals surface area contributed by atoms with Gasteiger partial charge in [0.2, 0.25) is 0 Å². The molecule has 2 aliphatic rings. The molecule has 5 atom stereocenters. The third kappa shape index (κ3) is 3.19. The molecule has 2 aliphatic heterocycles. The number of thioether (sulfide) groups is 1. The normalized spacial score (nSPS) is 39.7. The summed E-state index contributed by atoms with van der Waals surface area (Å²) in [6.07, 6.45) is -2.42. The number of fused-ring (bicyclic) bond motifs is 1. The van der Waals surface area contributed by atoms with Gasteiger partial charge in [-0.3, -0.25) is 4.99 Å². The number of aliphatic hydroxyl groups excluding tert-OH is 2. The van der Waals surface area contributed by atoms with Gasteiger partial charge in [0.15, 0.2) is 5.17 Å². The van der Waals surface area contributed by atoms with Gasteiger partial charge in [0.1, 0.15) is 23.7 Å². The number of hydrogen-bond acceptors (Lipinski definition) is 7. The van der Waals surface area contributed by atoms with Crippen LogP contribution in [0.15, 0.2) is 4.99 Å². The molecular weight excluding hydrogens is 268 g/mol. The summed E-state index contributed by atoms with van der Waals surface area (Å²) in [5.41, 5.74) is -0.266. The highest BCUT2D eigenvalue weighted by Crippen LogP contribution is 2.33. The van der Waals surface area contributed by atoms with Crippen molar-refractivity contribution in [1.29, 1.82) is 5.26 Å². The second kappa shape index (κ2) is 6.54. The number of aliphatic imine (C=N–C) groups is 1. The molecule has 0 radical (unpaired) electrons. The van der Waals surface area contributed by atoms with E-state index >= 15 is 0 Å². The number of aliphatic hydroxyl groups is 2. The van der Waals surface area contributed by atoms with Gasteiger partial charge >= 0.3 is 0 Å². The average Bonchev–Trinajstić information content (AvgIpc) is 2.79. The van der Waals surface area contributed by atoms with E-state index in [4.69, 9.17) is 10.00 Å². The average molecular weight is 286 g/mol. The quantitative estimate of drug-likeness (QED) is 0.373. The highest BCUT2D eigenvalue weighted by Gasteiger charge is 2.48. The Morgan fingerprint density at radius 2 is 2.32 bits per heavy atom. The first-order chi connectivity index (χ1) is 9.17. The van der Waals surface area contributed by atoms with Crippen molar-refractivity contribution in [2.45, 2.75) is 36.7 Å². The van der Waals surface area contributed by atoms with Crippen LogP contribution >= 0.6 is 11.8 Å². The van der Waals surface area contributed by atoms with Crippen LogP contribution in [0, 0.1) is 11.3 Å². The minimum atomic E-state index is -0.985. The van der Waals surface area contributed by atoms with E-state index in [1.807, 2.05) is 13.0 Å². The lowest BCUT2D eigenvalue weighted by Gasteiger charge is -2.38.